The first kappa shape index (κ1) is 21.8. The van der Waals surface area contributed by atoms with Gasteiger partial charge < -0.3 is 4.90 Å². The molecular weight excluding hydrogens is 386 g/mol. The Morgan fingerprint density at radius 1 is 1.08 bits per heavy atom. The maximum absolute atomic E-state index is 12.9. The number of hydrogen-bond donors (Lipinski definition) is 0. The molecule has 0 N–H and O–H groups in total. The minimum Gasteiger partial charge on any atom is -0.349 e. The van der Waals surface area contributed by atoms with Crippen LogP contribution in [-0.4, -0.2) is 20.7 Å². The number of rotatable bonds is 4. The summed E-state index contributed by atoms with van der Waals surface area (Å²) < 4.78 is 101. The van der Waals surface area contributed by atoms with E-state index in [0.717, 1.165) is 11.9 Å². The molecule has 0 aromatic heterocycles. The molecule has 0 spiro atoms. The van der Waals surface area contributed by atoms with Gasteiger partial charge in [-0.25, -0.2) is 8.42 Å². The van der Waals surface area contributed by atoms with Crippen molar-refractivity contribution in [3.63, 3.8) is 0 Å². The van der Waals surface area contributed by atoms with Crippen LogP contribution in [0.1, 0.15) is 25.0 Å². The van der Waals surface area contributed by atoms with Gasteiger partial charge in [0.25, 0.3) is 0 Å². The van der Waals surface area contributed by atoms with Crippen LogP contribution in [0.3, 0.4) is 0 Å². The van der Waals surface area contributed by atoms with Crippen LogP contribution < -0.4 is 4.90 Å². The molecule has 0 unspecified atom stereocenters. The molecule has 26 heavy (non-hydrogen) atoms. The molecule has 0 heterocycles. The van der Waals surface area contributed by atoms with Gasteiger partial charge in [0.2, 0.25) is 0 Å². The Balaban J connectivity index is 3.55. The van der Waals surface area contributed by atoms with Crippen molar-refractivity contribution in [2.24, 2.45) is 0 Å². The third-order valence-electron chi connectivity index (χ3n) is 3.33. The number of hydrogen-bond acceptors (Lipinski definition) is 4. The zero-order chi connectivity index (χ0) is 20.5. The van der Waals surface area contributed by atoms with Crippen LogP contribution in [0.2, 0.25) is 0 Å². The van der Waals surface area contributed by atoms with Crippen LogP contribution in [0, 0.1) is 11.3 Å². The molecule has 0 radical (unpaired) electrons. The Hall–Kier alpha value is -2.22. The summed E-state index contributed by atoms with van der Waals surface area (Å²) in [5.41, 5.74) is -3.67. The fourth-order valence-corrected chi connectivity index (χ4v) is 2.75. The largest absolute Gasteiger partial charge is 0.416 e. The Bertz CT molecular complexity index is 816. The Morgan fingerprint density at radius 2 is 1.50 bits per heavy atom. The van der Waals surface area contributed by atoms with Gasteiger partial charge in [0, 0.05) is 18.9 Å². The topological polar surface area (TPSA) is 61.2 Å². The second-order valence-corrected chi connectivity index (χ2v) is 8.05. The fourth-order valence-electron chi connectivity index (χ4n) is 1.81. The first-order valence-corrected chi connectivity index (χ1v) is 8.53. The summed E-state index contributed by atoms with van der Waals surface area (Å²) >= 11 is 0. The van der Waals surface area contributed by atoms with Crippen molar-refractivity contribution < 1.29 is 34.8 Å². The molecule has 1 rings (SSSR count). The average Bonchev–Trinajstić information content (AvgIpc) is 2.49. The normalized spacial score (nSPS) is 13.7. The van der Waals surface area contributed by atoms with Crippen LogP contribution in [0.5, 0.6) is 0 Å². The summed E-state index contributed by atoms with van der Waals surface area (Å²) in [7, 11) is -3.01. The van der Waals surface area contributed by atoms with E-state index < -0.39 is 49.2 Å². The first-order valence-electron chi connectivity index (χ1n) is 6.99. The van der Waals surface area contributed by atoms with Gasteiger partial charge >= 0.3 is 12.4 Å². The molecule has 0 aliphatic carbocycles. The smallest absolute Gasteiger partial charge is 0.349 e. The van der Waals surface area contributed by atoms with Crippen molar-refractivity contribution in [2.75, 3.05) is 11.9 Å². The highest BCUT2D eigenvalue weighted by Gasteiger charge is 2.37. The van der Waals surface area contributed by atoms with Crippen molar-refractivity contribution in [3.05, 3.63) is 40.4 Å². The monoisotopic (exact) mass is 400 g/mol. The average molecular weight is 400 g/mol. The van der Waals surface area contributed by atoms with Crippen molar-refractivity contribution in [2.45, 2.75) is 31.5 Å². The van der Waals surface area contributed by atoms with E-state index in [2.05, 4.69) is 0 Å². The van der Waals surface area contributed by atoms with E-state index in [-0.39, 0.29) is 6.07 Å². The van der Waals surface area contributed by atoms with E-state index in [1.54, 1.807) is 0 Å². The highest BCUT2D eigenvalue weighted by Crippen LogP contribution is 2.38. The van der Waals surface area contributed by atoms with E-state index in [0.29, 0.717) is 18.3 Å². The van der Waals surface area contributed by atoms with Crippen molar-refractivity contribution >= 4 is 15.5 Å². The predicted octanol–water partition coefficient (Wildman–Crippen LogP) is 4.35. The number of sulfone groups is 1. The standard InChI is InChI=1S/C15H14F6N2O2S/c1-9(2)26(24,25)13(7-22)8-23(3)12-5-10(14(16,17)18)4-11(6-12)15(19,20)21/h4-6,8-9H,1-3H3/b13-8+. The number of alkyl halides is 6. The van der Waals surface area contributed by atoms with Gasteiger partial charge in [-0.2, -0.15) is 31.6 Å². The van der Waals surface area contributed by atoms with Gasteiger partial charge in [-0.15, -0.1) is 0 Å². The molecule has 0 aliphatic heterocycles. The van der Waals surface area contributed by atoms with Crippen LogP contribution in [0.15, 0.2) is 29.3 Å². The maximum atomic E-state index is 12.9. The molecule has 0 aliphatic rings. The number of allylic oxidation sites excluding steroid dienone is 1. The zero-order valence-corrected chi connectivity index (χ0v) is 14.6. The van der Waals surface area contributed by atoms with Crippen LogP contribution in [0.4, 0.5) is 32.0 Å². The molecule has 0 bridgehead atoms. The quantitative estimate of drug-likeness (QED) is 0.557. The summed E-state index contributed by atoms with van der Waals surface area (Å²) in [6.45, 7) is 2.57. The molecule has 1 aromatic rings. The molecule has 1 aromatic carbocycles. The Morgan fingerprint density at radius 3 is 1.81 bits per heavy atom. The Labute approximate surface area is 146 Å². The Kier molecular flexibility index (Phi) is 6.03. The summed E-state index contributed by atoms with van der Waals surface area (Å²) in [5, 5.41) is 8.00. The lowest BCUT2D eigenvalue weighted by atomic mass is 10.1. The molecule has 11 heteroatoms. The predicted molar refractivity (Wildman–Crippen MR) is 82.6 cm³/mol. The molecule has 0 saturated heterocycles. The molecule has 144 valence electrons. The van der Waals surface area contributed by atoms with Crippen LogP contribution in [0.25, 0.3) is 0 Å². The summed E-state index contributed by atoms with van der Waals surface area (Å²) in [4.78, 5) is -0.0517. The van der Waals surface area contributed by atoms with E-state index in [9.17, 15) is 34.8 Å². The summed E-state index contributed by atoms with van der Waals surface area (Å²) in [5.74, 6) is 0. The third-order valence-corrected chi connectivity index (χ3v) is 5.38. The van der Waals surface area contributed by atoms with Crippen molar-refractivity contribution in [1.82, 2.24) is 0 Å². The lowest BCUT2D eigenvalue weighted by Crippen LogP contribution is -2.20. The van der Waals surface area contributed by atoms with Gasteiger partial charge in [-0.3, -0.25) is 0 Å². The van der Waals surface area contributed by atoms with Gasteiger partial charge in [0.1, 0.15) is 6.07 Å². The van der Waals surface area contributed by atoms with Gasteiger partial charge in [-0.1, -0.05) is 0 Å². The van der Waals surface area contributed by atoms with Crippen LogP contribution in [-0.2, 0) is 22.2 Å². The third kappa shape index (κ3) is 4.91. The molecule has 0 saturated carbocycles. The molecule has 0 amide bonds. The molecule has 4 nitrogen and oxygen atoms in total. The zero-order valence-electron chi connectivity index (χ0n) is 13.8. The minimum atomic E-state index is -5.04. The summed E-state index contributed by atoms with van der Waals surface area (Å²) in [6, 6.07) is 2.22. The lowest BCUT2D eigenvalue weighted by molar-refractivity contribution is -0.143. The molecule has 0 fully saturated rings. The minimum absolute atomic E-state index is 0.0445. The van der Waals surface area contributed by atoms with Crippen LogP contribution >= 0.6 is 0 Å². The van der Waals surface area contributed by atoms with E-state index in [1.807, 2.05) is 0 Å². The van der Waals surface area contributed by atoms with E-state index in [1.165, 1.54) is 19.9 Å². The van der Waals surface area contributed by atoms with Gasteiger partial charge in [-0.05, 0) is 32.0 Å². The maximum Gasteiger partial charge on any atom is 0.416 e. The lowest BCUT2D eigenvalue weighted by Gasteiger charge is -2.20. The number of anilines is 1. The second kappa shape index (κ2) is 7.19. The van der Waals surface area contributed by atoms with Crippen molar-refractivity contribution in [1.29, 1.82) is 5.26 Å². The number of nitrogens with zero attached hydrogens (tertiary/aromatic N) is 2. The van der Waals surface area contributed by atoms with Gasteiger partial charge in [0.05, 0.1) is 16.4 Å². The number of nitriles is 1. The van der Waals surface area contributed by atoms with E-state index in [4.69, 9.17) is 5.26 Å². The summed E-state index contributed by atoms with van der Waals surface area (Å²) in [6.07, 6.45) is -9.39. The number of halogens is 6. The second-order valence-electron chi connectivity index (χ2n) is 5.57. The highest BCUT2D eigenvalue weighted by atomic mass is 32.2. The van der Waals surface area contributed by atoms with Gasteiger partial charge in [0.15, 0.2) is 14.7 Å². The fraction of sp³-hybridized carbons (Fsp3) is 0.400. The molecule has 0 atom stereocenters. The first-order chi connectivity index (χ1) is 11.6. The number of benzene rings is 1. The van der Waals surface area contributed by atoms with E-state index >= 15 is 0 Å². The SMILES string of the molecule is CC(C)S(=O)(=O)/C(C#N)=C/N(C)c1cc(C(F)(F)F)cc(C(F)(F)F)c1. The highest BCUT2D eigenvalue weighted by molar-refractivity contribution is 7.96. The van der Waals surface area contributed by atoms with Crippen molar-refractivity contribution in [3.8, 4) is 6.07 Å². The molecular formula is C15H14F6N2O2S.